The van der Waals surface area contributed by atoms with E-state index in [1.165, 1.54) is 12.1 Å². The number of anilines is 1. The molecular formula is C30H22FN3O2. The Morgan fingerprint density at radius 3 is 2.50 bits per heavy atom. The van der Waals surface area contributed by atoms with E-state index >= 15 is 0 Å². The molecule has 0 radical (unpaired) electrons. The van der Waals surface area contributed by atoms with E-state index in [0.717, 1.165) is 22.2 Å². The Bertz CT molecular complexity index is 1620. The molecule has 0 saturated heterocycles. The van der Waals surface area contributed by atoms with E-state index < -0.39 is 11.7 Å². The van der Waals surface area contributed by atoms with Crippen molar-refractivity contribution in [3.05, 3.63) is 130 Å². The average Bonchev–Trinajstić information content (AvgIpc) is 3.31. The zero-order valence-electron chi connectivity index (χ0n) is 19.5. The lowest BCUT2D eigenvalue weighted by Gasteiger charge is -2.09. The van der Waals surface area contributed by atoms with Crippen LogP contribution in [0.2, 0.25) is 0 Å². The summed E-state index contributed by atoms with van der Waals surface area (Å²) in [6.07, 6.45) is 3.92. The van der Waals surface area contributed by atoms with Gasteiger partial charge in [-0.15, -0.1) is 0 Å². The number of nitrogens with zero attached hydrogens (tertiary/aromatic N) is 1. The van der Waals surface area contributed by atoms with Crippen LogP contribution >= 0.6 is 0 Å². The monoisotopic (exact) mass is 475 g/mol. The molecule has 0 aliphatic carbocycles. The zero-order valence-corrected chi connectivity index (χ0v) is 19.5. The van der Waals surface area contributed by atoms with Crippen molar-refractivity contribution in [3.8, 4) is 0 Å². The highest BCUT2D eigenvalue weighted by atomic mass is 19.1. The van der Waals surface area contributed by atoms with Crippen molar-refractivity contribution < 1.29 is 14.0 Å². The summed E-state index contributed by atoms with van der Waals surface area (Å²) in [5.41, 5.74) is 4.87. The number of H-pyrrole nitrogens is 1. The van der Waals surface area contributed by atoms with Crippen molar-refractivity contribution in [2.45, 2.75) is 6.92 Å². The molecule has 36 heavy (non-hydrogen) atoms. The lowest BCUT2D eigenvalue weighted by molar-refractivity contribution is 0.102. The van der Waals surface area contributed by atoms with Gasteiger partial charge in [-0.2, -0.15) is 5.10 Å². The Morgan fingerprint density at radius 2 is 1.67 bits per heavy atom. The number of carbonyl (C=O) groups excluding carboxylic acids is 2. The third-order valence-electron chi connectivity index (χ3n) is 5.91. The molecule has 5 nitrogen and oxygen atoms in total. The molecule has 0 saturated carbocycles. The molecule has 1 amide bonds. The largest absolute Gasteiger partial charge is 0.322 e. The minimum Gasteiger partial charge on any atom is -0.322 e. The fraction of sp³-hybridized carbons (Fsp3) is 0.0333. The normalized spacial score (nSPS) is 11.2. The summed E-state index contributed by atoms with van der Waals surface area (Å²) < 4.78 is 13.6. The van der Waals surface area contributed by atoms with E-state index in [9.17, 15) is 14.0 Å². The van der Waals surface area contributed by atoms with Crippen molar-refractivity contribution in [2.75, 3.05) is 5.32 Å². The maximum absolute atomic E-state index is 13.6. The van der Waals surface area contributed by atoms with Crippen molar-refractivity contribution >= 4 is 40.4 Å². The van der Waals surface area contributed by atoms with Crippen LogP contribution in [0.4, 0.5) is 10.1 Å². The van der Waals surface area contributed by atoms with Crippen LogP contribution in [0.15, 0.2) is 91.0 Å². The number of hydrogen-bond acceptors (Lipinski definition) is 3. The number of carbonyl (C=O) groups is 2. The summed E-state index contributed by atoms with van der Waals surface area (Å²) in [4.78, 5) is 25.9. The summed E-state index contributed by atoms with van der Waals surface area (Å²) in [7, 11) is 0. The lowest BCUT2D eigenvalue weighted by Crippen LogP contribution is -2.14. The fourth-order valence-corrected chi connectivity index (χ4v) is 3.99. The lowest BCUT2D eigenvalue weighted by atomic mass is 10.0. The number of rotatable bonds is 6. The van der Waals surface area contributed by atoms with E-state index in [1.54, 1.807) is 49.4 Å². The second-order valence-corrected chi connectivity index (χ2v) is 8.44. The Morgan fingerprint density at radius 1 is 0.861 bits per heavy atom. The van der Waals surface area contributed by atoms with E-state index in [0.29, 0.717) is 22.4 Å². The first-order valence-corrected chi connectivity index (χ1v) is 11.4. The predicted molar refractivity (Wildman–Crippen MR) is 140 cm³/mol. The molecule has 0 atom stereocenters. The molecule has 2 N–H and O–H groups in total. The first-order valence-electron chi connectivity index (χ1n) is 11.4. The highest BCUT2D eigenvalue weighted by Crippen LogP contribution is 2.23. The van der Waals surface area contributed by atoms with Gasteiger partial charge in [0, 0.05) is 27.8 Å². The summed E-state index contributed by atoms with van der Waals surface area (Å²) in [6, 6.07) is 26.1. The molecule has 0 spiro atoms. The fourth-order valence-electron chi connectivity index (χ4n) is 3.99. The van der Waals surface area contributed by atoms with Crippen LogP contribution in [0.5, 0.6) is 0 Å². The van der Waals surface area contributed by atoms with Gasteiger partial charge in [0.25, 0.3) is 5.91 Å². The topological polar surface area (TPSA) is 74.8 Å². The molecule has 1 aromatic heterocycles. The van der Waals surface area contributed by atoms with Gasteiger partial charge in [0.2, 0.25) is 0 Å². The standard InChI is InChI=1S/C30H22FN3O2/c1-19-10-13-23(31)18-26(19)30(36)32-24-9-5-8-21(16-24)29(35)22-12-14-25-27(33-34-28(25)17-22)15-11-20-6-3-2-4-7-20/h2-18H,1H3,(H,32,36)(H,33,34)/b15-11+. The summed E-state index contributed by atoms with van der Waals surface area (Å²) >= 11 is 0. The Balaban J connectivity index is 1.36. The van der Waals surface area contributed by atoms with E-state index in [-0.39, 0.29) is 11.3 Å². The van der Waals surface area contributed by atoms with Gasteiger partial charge in [0.05, 0.1) is 11.2 Å². The van der Waals surface area contributed by atoms with E-state index in [1.807, 2.05) is 48.6 Å². The molecule has 0 aliphatic heterocycles. The maximum atomic E-state index is 13.6. The third-order valence-corrected chi connectivity index (χ3v) is 5.91. The Labute approximate surface area is 207 Å². The quantitative estimate of drug-likeness (QED) is 0.270. The van der Waals surface area contributed by atoms with Crippen LogP contribution in [0.25, 0.3) is 23.1 Å². The molecule has 5 aromatic rings. The maximum Gasteiger partial charge on any atom is 0.256 e. The van der Waals surface area contributed by atoms with Gasteiger partial charge in [-0.3, -0.25) is 14.7 Å². The summed E-state index contributed by atoms with van der Waals surface area (Å²) in [5, 5.41) is 11.0. The van der Waals surface area contributed by atoms with Crippen LogP contribution in [-0.2, 0) is 0 Å². The van der Waals surface area contributed by atoms with Gasteiger partial charge < -0.3 is 5.32 Å². The first-order chi connectivity index (χ1) is 17.5. The number of aromatic amines is 1. The second-order valence-electron chi connectivity index (χ2n) is 8.44. The Hall–Kier alpha value is -4.84. The average molecular weight is 476 g/mol. The Kier molecular flexibility index (Phi) is 6.24. The minimum atomic E-state index is -0.484. The van der Waals surface area contributed by atoms with Crippen LogP contribution in [0.3, 0.4) is 0 Å². The van der Waals surface area contributed by atoms with Gasteiger partial charge in [-0.1, -0.05) is 60.7 Å². The van der Waals surface area contributed by atoms with Crippen molar-refractivity contribution in [3.63, 3.8) is 0 Å². The van der Waals surface area contributed by atoms with Crippen molar-refractivity contribution in [2.24, 2.45) is 0 Å². The van der Waals surface area contributed by atoms with Gasteiger partial charge in [-0.25, -0.2) is 4.39 Å². The first kappa shape index (κ1) is 22.9. The SMILES string of the molecule is Cc1ccc(F)cc1C(=O)Nc1cccc(C(=O)c2ccc3c(/C=C/c4ccccc4)n[nH]c3c2)c1. The van der Waals surface area contributed by atoms with Gasteiger partial charge in [0.15, 0.2) is 5.78 Å². The van der Waals surface area contributed by atoms with Gasteiger partial charge in [-0.05, 0) is 60.5 Å². The second kappa shape index (κ2) is 9.80. The van der Waals surface area contributed by atoms with Crippen LogP contribution in [0, 0.1) is 12.7 Å². The number of aryl methyl sites for hydroxylation is 1. The molecule has 6 heteroatoms. The van der Waals surface area contributed by atoms with Crippen LogP contribution in [-0.4, -0.2) is 21.9 Å². The molecule has 0 bridgehead atoms. The molecular weight excluding hydrogens is 453 g/mol. The van der Waals surface area contributed by atoms with Crippen molar-refractivity contribution in [1.82, 2.24) is 10.2 Å². The highest BCUT2D eigenvalue weighted by Gasteiger charge is 2.14. The number of aromatic nitrogens is 2. The van der Waals surface area contributed by atoms with Crippen LogP contribution < -0.4 is 5.32 Å². The predicted octanol–water partition coefficient (Wildman–Crippen LogP) is 6.66. The summed E-state index contributed by atoms with van der Waals surface area (Å²) in [5.74, 6) is -1.11. The van der Waals surface area contributed by atoms with Crippen molar-refractivity contribution in [1.29, 1.82) is 0 Å². The molecule has 176 valence electrons. The van der Waals surface area contributed by atoms with Crippen LogP contribution in [0.1, 0.15) is 43.1 Å². The van der Waals surface area contributed by atoms with Gasteiger partial charge in [0.1, 0.15) is 5.82 Å². The molecule has 4 aromatic carbocycles. The minimum absolute atomic E-state index is 0.189. The number of benzene rings is 4. The smallest absolute Gasteiger partial charge is 0.256 e. The number of hydrogen-bond donors (Lipinski definition) is 2. The van der Waals surface area contributed by atoms with Gasteiger partial charge >= 0.3 is 0 Å². The zero-order chi connectivity index (χ0) is 25.1. The molecule has 0 unspecified atom stereocenters. The molecule has 1 heterocycles. The number of fused-ring (bicyclic) bond motifs is 1. The number of nitrogens with one attached hydrogen (secondary N) is 2. The third kappa shape index (κ3) is 4.83. The number of amides is 1. The molecule has 0 fully saturated rings. The molecule has 5 rings (SSSR count). The summed E-state index contributed by atoms with van der Waals surface area (Å²) in [6.45, 7) is 1.74. The van der Waals surface area contributed by atoms with E-state index in [2.05, 4.69) is 15.5 Å². The van der Waals surface area contributed by atoms with E-state index in [4.69, 9.17) is 0 Å². The number of halogens is 1. The highest BCUT2D eigenvalue weighted by molar-refractivity contribution is 6.12. The molecule has 0 aliphatic rings. The number of ketones is 1.